The minimum atomic E-state index is 0. The van der Waals surface area contributed by atoms with E-state index in [2.05, 4.69) is 12.2 Å². The molecule has 0 aromatic heterocycles. The predicted octanol–water partition coefficient (Wildman–Crippen LogP) is 1.18. The van der Waals surface area contributed by atoms with E-state index in [1.165, 1.54) is 19.3 Å². The van der Waals surface area contributed by atoms with Crippen LogP contribution >= 0.6 is 12.4 Å². The SMILES string of the molecule is CNC(C)C1(CO)CCC1.Cl. The molecule has 0 heterocycles. The molecule has 0 spiro atoms. The van der Waals surface area contributed by atoms with Gasteiger partial charge in [0, 0.05) is 11.5 Å². The van der Waals surface area contributed by atoms with Crippen LogP contribution in [0.25, 0.3) is 0 Å². The smallest absolute Gasteiger partial charge is 0.0502 e. The summed E-state index contributed by atoms with van der Waals surface area (Å²) in [4.78, 5) is 0. The molecule has 1 saturated carbocycles. The molecular weight excluding hydrogens is 162 g/mol. The highest BCUT2D eigenvalue weighted by atomic mass is 35.5. The number of hydrogen-bond acceptors (Lipinski definition) is 2. The molecule has 0 aliphatic heterocycles. The van der Waals surface area contributed by atoms with Gasteiger partial charge in [-0.25, -0.2) is 0 Å². The summed E-state index contributed by atoms with van der Waals surface area (Å²) in [5.74, 6) is 0. The molecule has 0 radical (unpaired) electrons. The highest BCUT2D eigenvalue weighted by Gasteiger charge is 2.40. The van der Waals surface area contributed by atoms with E-state index >= 15 is 0 Å². The zero-order valence-electron chi connectivity index (χ0n) is 7.26. The van der Waals surface area contributed by atoms with Gasteiger partial charge in [0.1, 0.15) is 0 Å². The first-order chi connectivity index (χ1) is 4.75. The van der Waals surface area contributed by atoms with Crippen molar-refractivity contribution in [3.05, 3.63) is 0 Å². The molecule has 0 aromatic rings. The van der Waals surface area contributed by atoms with Crippen LogP contribution in [0, 0.1) is 5.41 Å². The number of hydrogen-bond donors (Lipinski definition) is 2. The average Bonchev–Trinajstić information content (AvgIpc) is 1.86. The third-order valence-corrected chi connectivity index (χ3v) is 3.02. The Morgan fingerprint density at radius 2 is 2.09 bits per heavy atom. The summed E-state index contributed by atoms with van der Waals surface area (Å²) in [7, 11) is 1.96. The van der Waals surface area contributed by atoms with Gasteiger partial charge < -0.3 is 10.4 Å². The van der Waals surface area contributed by atoms with Crippen molar-refractivity contribution in [2.75, 3.05) is 13.7 Å². The Morgan fingerprint density at radius 1 is 1.55 bits per heavy atom. The average molecular weight is 180 g/mol. The van der Waals surface area contributed by atoms with E-state index in [0.29, 0.717) is 12.6 Å². The van der Waals surface area contributed by atoms with Crippen molar-refractivity contribution in [1.29, 1.82) is 0 Å². The van der Waals surface area contributed by atoms with Crippen LogP contribution in [-0.2, 0) is 0 Å². The number of aliphatic hydroxyl groups excluding tert-OH is 1. The predicted molar refractivity (Wildman–Crippen MR) is 49.1 cm³/mol. The molecule has 0 amide bonds. The van der Waals surface area contributed by atoms with Gasteiger partial charge in [-0.2, -0.15) is 0 Å². The second-order valence-electron chi connectivity index (χ2n) is 3.38. The van der Waals surface area contributed by atoms with Gasteiger partial charge in [-0.3, -0.25) is 0 Å². The molecule has 0 saturated heterocycles. The van der Waals surface area contributed by atoms with Gasteiger partial charge in [0.05, 0.1) is 6.61 Å². The molecule has 1 rings (SSSR count). The Balaban J connectivity index is 0.000001000. The molecule has 1 aliphatic carbocycles. The summed E-state index contributed by atoms with van der Waals surface area (Å²) in [5.41, 5.74) is 0.217. The van der Waals surface area contributed by atoms with Gasteiger partial charge >= 0.3 is 0 Å². The second kappa shape index (κ2) is 4.29. The molecular formula is C8H18ClNO. The lowest BCUT2D eigenvalue weighted by atomic mass is 9.65. The third-order valence-electron chi connectivity index (χ3n) is 3.02. The van der Waals surface area contributed by atoms with Gasteiger partial charge in [-0.1, -0.05) is 6.42 Å². The van der Waals surface area contributed by atoms with Crippen LogP contribution in [0.1, 0.15) is 26.2 Å². The van der Waals surface area contributed by atoms with Crippen LogP contribution < -0.4 is 5.32 Å². The van der Waals surface area contributed by atoms with Gasteiger partial charge in [0.15, 0.2) is 0 Å². The molecule has 2 nitrogen and oxygen atoms in total. The number of aliphatic hydroxyl groups is 1. The summed E-state index contributed by atoms with van der Waals surface area (Å²) in [5, 5.41) is 12.3. The molecule has 2 N–H and O–H groups in total. The number of nitrogens with one attached hydrogen (secondary N) is 1. The molecule has 1 aliphatic rings. The zero-order chi connectivity index (χ0) is 7.61. The fraction of sp³-hybridized carbons (Fsp3) is 1.00. The van der Waals surface area contributed by atoms with Crippen molar-refractivity contribution in [1.82, 2.24) is 5.32 Å². The fourth-order valence-corrected chi connectivity index (χ4v) is 1.67. The molecule has 68 valence electrons. The van der Waals surface area contributed by atoms with Gasteiger partial charge in [-0.15, -0.1) is 12.4 Å². The molecule has 1 unspecified atom stereocenters. The number of halogens is 1. The minimum absolute atomic E-state index is 0. The van der Waals surface area contributed by atoms with E-state index in [-0.39, 0.29) is 17.8 Å². The third kappa shape index (κ3) is 1.86. The fourth-order valence-electron chi connectivity index (χ4n) is 1.67. The Morgan fingerprint density at radius 3 is 2.18 bits per heavy atom. The van der Waals surface area contributed by atoms with Crippen molar-refractivity contribution in [3.63, 3.8) is 0 Å². The van der Waals surface area contributed by atoms with Crippen LogP contribution in [-0.4, -0.2) is 24.8 Å². The lowest BCUT2D eigenvalue weighted by molar-refractivity contribution is 0.0148. The largest absolute Gasteiger partial charge is 0.396 e. The van der Waals surface area contributed by atoms with Gasteiger partial charge in [0.2, 0.25) is 0 Å². The maximum atomic E-state index is 9.10. The quantitative estimate of drug-likeness (QED) is 0.682. The van der Waals surface area contributed by atoms with Gasteiger partial charge in [0.25, 0.3) is 0 Å². The summed E-state index contributed by atoms with van der Waals surface area (Å²) < 4.78 is 0. The van der Waals surface area contributed by atoms with Crippen molar-refractivity contribution in [2.45, 2.75) is 32.2 Å². The number of rotatable bonds is 3. The maximum Gasteiger partial charge on any atom is 0.0502 e. The molecule has 0 bridgehead atoms. The van der Waals surface area contributed by atoms with E-state index < -0.39 is 0 Å². The van der Waals surface area contributed by atoms with E-state index in [4.69, 9.17) is 5.11 Å². The Labute approximate surface area is 74.8 Å². The maximum absolute atomic E-state index is 9.10. The minimum Gasteiger partial charge on any atom is -0.396 e. The first-order valence-corrected chi connectivity index (χ1v) is 4.03. The zero-order valence-corrected chi connectivity index (χ0v) is 8.08. The monoisotopic (exact) mass is 179 g/mol. The molecule has 3 heteroatoms. The summed E-state index contributed by atoms with van der Waals surface area (Å²) >= 11 is 0. The Bertz CT molecular complexity index is 109. The van der Waals surface area contributed by atoms with Crippen LogP contribution in [0.5, 0.6) is 0 Å². The van der Waals surface area contributed by atoms with Crippen LogP contribution in [0.4, 0.5) is 0 Å². The Hall–Kier alpha value is 0.210. The lowest BCUT2D eigenvalue weighted by Gasteiger charge is -2.45. The van der Waals surface area contributed by atoms with Crippen molar-refractivity contribution in [3.8, 4) is 0 Å². The van der Waals surface area contributed by atoms with Crippen LogP contribution in [0.3, 0.4) is 0 Å². The summed E-state index contributed by atoms with van der Waals surface area (Å²) in [6.07, 6.45) is 3.66. The molecule has 11 heavy (non-hydrogen) atoms. The standard InChI is InChI=1S/C8H17NO.ClH/c1-7(9-2)8(6-10)4-3-5-8;/h7,9-10H,3-6H2,1-2H3;1H. The second-order valence-corrected chi connectivity index (χ2v) is 3.38. The highest BCUT2D eigenvalue weighted by Crippen LogP contribution is 2.43. The van der Waals surface area contributed by atoms with E-state index in [9.17, 15) is 0 Å². The highest BCUT2D eigenvalue weighted by molar-refractivity contribution is 5.85. The Kier molecular flexibility index (Phi) is 4.37. The molecule has 1 fully saturated rings. The molecule has 0 aromatic carbocycles. The van der Waals surface area contributed by atoms with Crippen molar-refractivity contribution in [2.24, 2.45) is 5.41 Å². The first kappa shape index (κ1) is 11.2. The summed E-state index contributed by atoms with van der Waals surface area (Å²) in [6, 6.07) is 0.464. The topological polar surface area (TPSA) is 32.3 Å². The normalized spacial score (nSPS) is 23.2. The lowest BCUT2D eigenvalue weighted by Crippen LogP contribution is -2.48. The van der Waals surface area contributed by atoms with E-state index in [1.807, 2.05) is 7.05 Å². The van der Waals surface area contributed by atoms with Crippen molar-refractivity contribution < 1.29 is 5.11 Å². The summed E-state index contributed by atoms with van der Waals surface area (Å²) in [6.45, 7) is 2.49. The van der Waals surface area contributed by atoms with Crippen LogP contribution in [0.2, 0.25) is 0 Å². The first-order valence-electron chi connectivity index (χ1n) is 4.03. The van der Waals surface area contributed by atoms with E-state index in [0.717, 1.165) is 0 Å². The van der Waals surface area contributed by atoms with Crippen LogP contribution in [0.15, 0.2) is 0 Å². The molecule has 1 atom stereocenters. The van der Waals surface area contributed by atoms with E-state index in [1.54, 1.807) is 0 Å². The van der Waals surface area contributed by atoms with Crippen molar-refractivity contribution >= 4 is 12.4 Å². The van der Waals surface area contributed by atoms with Gasteiger partial charge in [-0.05, 0) is 26.8 Å².